The van der Waals surface area contributed by atoms with Gasteiger partial charge in [0.05, 0.1) is 10.8 Å². The van der Waals surface area contributed by atoms with E-state index < -0.39 is 10.8 Å². The summed E-state index contributed by atoms with van der Waals surface area (Å²) in [5, 5.41) is 9.20. The van der Waals surface area contributed by atoms with Crippen LogP contribution in [0.1, 0.15) is 26.2 Å². The van der Waals surface area contributed by atoms with E-state index in [9.17, 15) is 9.32 Å². The number of hydrogen-bond acceptors (Lipinski definition) is 2. The van der Waals surface area contributed by atoms with Crippen LogP contribution < -0.4 is 0 Å². The van der Waals surface area contributed by atoms with Crippen LogP contribution in [0.2, 0.25) is 0 Å². The van der Waals surface area contributed by atoms with Gasteiger partial charge in [0.2, 0.25) is 0 Å². The molecule has 78 valence electrons. The molecular weight excluding hydrogens is 196 g/mol. The maximum Gasteiger partial charge on any atom is 0.116 e. The summed E-state index contributed by atoms with van der Waals surface area (Å²) in [5.41, 5.74) is 0. The maximum absolute atomic E-state index is 11.7. The van der Waals surface area contributed by atoms with Crippen molar-refractivity contribution >= 4 is 10.8 Å². The molecule has 1 atom stereocenters. The molecule has 2 nitrogen and oxygen atoms in total. The van der Waals surface area contributed by atoms with E-state index in [2.05, 4.69) is 6.92 Å². The topological polar surface area (TPSA) is 37.3 Å². The molecule has 1 rings (SSSR count). The zero-order chi connectivity index (χ0) is 10.4. The highest BCUT2D eigenvalue weighted by atomic mass is 32.2. The van der Waals surface area contributed by atoms with Crippen molar-refractivity contribution in [3.8, 4) is 5.75 Å². The summed E-state index contributed by atoms with van der Waals surface area (Å²) in [6, 6.07) is 6.68. The lowest BCUT2D eigenvalue weighted by molar-refractivity contribution is 0.473. The SMILES string of the molecule is CCCCCS(=O)c1cccc(O)c1. The number of phenols is 1. The Bertz CT molecular complexity index is 310. The van der Waals surface area contributed by atoms with Crippen LogP contribution in [0.3, 0.4) is 0 Å². The molecule has 0 heterocycles. The third-order valence-corrected chi connectivity index (χ3v) is 3.45. The number of aromatic hydroxyl groups is 1. The highest BCUT2D eigenvalue weighted by Crippen LogP contribution is 2.15. The van der Waals surface area contributed by atoms with Crippen LogP contribution in [-0.4, -0.2) is 15.1 Å². The van der Waals surface area contributed by atoms with E-state index in [0.29, 0.717) is 5.75 Å². The van der Waals surface area contributed by atoms with E-state index in [1.807, 2.05) is 0 Å². The summed E-state index contributed by atoms with van der Waals surface area (Å²) in [6.07, 6.45) is 3.24. The molecule has 0 amide bonds. The van der Waals surface area contributed by atoms with Crippen LogP contribution in [0.15, 0.2) is 29.2 Å². The summed E-state index contributed by atoms with van der Waals surface area (Å²) < 4.78 is 11.7. The lowest BCUT2D eigenvalue weighted by Gasteiger charge is -2.01. The van der Waals surface area contributed by atoms with Gasteiger partial charge in [-0.1, -0.05) is 25.8 Å². The van der Waals surface area contributed by atoms with E-state index in [4.69, 9.17) is 0 Å². The molecule has 1 unspecified atom stereocenters. The molecule has 0 aromatic heterocycles. The van der Waals surface area contributed by atoms with Gasteiger partial charge in [0.25, 0.3) is 0 Å². The number of unbranched alkanes of at least 4 members (excludes halogenated alkanes) is 2. The Morgan fingerprint density at radius 3 is 2.79 bits per heavy atom. The zero-order valence-corrected chi connectivity index (χ0v) is 9.22. The summed E-state index contributed by atoms with van der Waals surface area (Å²) in [4.78, 5) is 0.723. The fraction of sp³-hybridized carbons (Fsp3) is 0.455. The largest absolute Gasteiger partial charge is 0.508 e. The molecule has 0 spiro atoms. The molecule has 0 aliphatic carbocycles. The van der Waals surface area contributed by atoms with Crippen molar-refractivity contribution in [1.82, 2.24) is 0 Å². The number of hydrogen-bond donors (Lipinski definition) is 1. The van der Waals surface area contributed by atoms with E-state index >= 15 is 0 Å². The van der Waals surface area contributed by atoms with Crippen molar-refractivity contribution < 1.29 is 9.32 Å². The molecule has 0 bridgehead atoms. The lowest BCUT2D eigenvalue weighted by Crippen LogP contribution is -1.97. The van der Waals surface area contributed by atoms with E-state index in [0.717, 1.165) is 24.2 Å². The first-order valence-electron chi connectivity index (χ1n) is 4.91. The van der Waals surface area contributed by atoms with Crippen LogP contribution in [0.25, 0.3) is 0 Å². The van der Waals surface area contributed by atoms with Crippen molar-refractivity contribution in [3.63, 3.8) is 0 Å². The molecule has 1 aromatic rings. The number of rotatable bonds is 5. The molecule has 14 heavy (non-hydrogen) atoms. The fourth-order valence-electron chi connectivity index (χ4n) is 1.23. The third kappa shape index (κ3) is 3.50. The maximum atomic E-state index is 11.7. The van der Waals surface area contributed by atoms with Gasteiger partial charge in [-0.3, -0.25) is 4.21 Å². The minimum atomic E-state index is -0.955. The van der Waals surface area contributed by atoms with Gasteiger partial charge in [-0.2, -0.15) is 0 Å². The standard InChI is InChI=1S/C11H16O2S/c1-2-3-4-8-14(13)11-7-5-6-10(12)9-11/h5-7,9,12H,2-4,8H2,1H3. The van der Waals surface area contributed by atoms with Gasteiger partial charge in [0, 0.05) is 10.6 Å². The summed E-state index contributed by atoms with van der Waals surface area (Å²) in [6.45, 7) is 2.12. The van der Waals surface area contributed by atoms with Crippen molar-refractivity contribution in [3.05, 3.63) is 24.3 Å². The van der Waals surface area contributed by atoms with Crippen molar-refractivity contribution in [2.24, 2.45) is 0 Å². The first-order valence-corrected chi connectivity index (χ1v) is 6.23. The van der Waals surface area contributed by atoms with Gasteiger partial charge in [-0.15, -0.1) is 0 Å². The summed E-state index contributed by atoms with van der Waals surface area (Å²) >= 11 is 0. The molecule has 0 aliphatic rings. The van der Waals surface area contributed by atoms with E-state index in [-0.39, 0.29) is 5.75 Å². The monoisotopic (exact) mass is 212 g/mol. The average molecular weight is 212 g/mol. The molecule has 0 saturated carbocycles. The quantitative estimate of drug-likeness (QED) is 0.762. The Kier molecular flexibility index (Phi) is 4.66. The predicted molar refractivity (Wildman–Crippen MR) is 58.9 cm³/mol. The van der Waals surface area contributed by atoms with Crippen LogP contribution in [0, 0.1) is 0 Å². The Morgan fingerprint density at radius 1 is 1.36 bits per heavy atom. The lowest BCUT2D eigenvalue weighted by atomic mass is 10.3. The third-order valence-electron chi connectivity index (χ3n) is 2.01. The van der Waals surface area contributed by atoms with Crippen LogP contribution in [0.4, 0.5) is 0 Å². The molecule has 0 saturated heterocycles. The Hall–Kier alpha value is -0.830. The molecule has 0 fully saturated rings. The zero-order valence-electron chi connectivity index (χ0n) is 8.40. The van der Waals surface area contributed by atoms with Gasteiger partial charge >= 0.3 is 0 Å². The molecule has 1 N–H and O–H groups in total. The highest BCUT2D eigenvalue weighted by molar-refractivity contribution is 7.85. The van der Waals surface area contributed by atoms with Gasteiger partial charge in [-0.05, 0) is 24.6 Å². The normalized spacial score (nSPS) is 12.6. The predicted octanol–water partition coefficient (Wildman–Crippen LogP) is 2.69. The second kappa shape index (κ2) is 5.81. The highest BCUT2D eigenvalue weighted by Gasteiger charge is 2.03. The second-order valence-electron chi connectivity index (χ2n) is 3.25. The van der Waals surface area contributed by atoms with E-state index in [1.165, 1.54) is 0 Å². The first kappa shape index (κ1) is 11.2. The van der Waals surface area contributed by atoms with E-state index in [1.54, 1.807) is 24.3 Å². The minimum Gasteiger partial charge on any atom is -0.508 e. The first-order chi connectivity index (χ1) is 6.74. The van der Waals surface area contributed by atoms with Crippen molar-refractivity contribution in [2.45, 2.75) is 31.1 Å². The molecule has 1 aromatic carbocycles. The van der Waals surface area contributed by atoms with Crippen molar-refractivity contribution in [1.29, 1.82) is 0 Å². The Labute approximate surface area is 87.4 Å². The van der Waals surface area contributed by atoms with Gasteiger partial charge in [0.15, 0.2) is 0 Å². The molecular formula is C11H16O2S. The Balaban J connectivity index is 2.52. The van der Waals surface area contributed by atoms with Crippen LogP contribution >= 0.6 is 0 Å². The number of phenolic OH excluding ortho intramolecular Hbond substituents is 1. The number of benzene rings is 1. The molecule has 0 radical (unpaired) electrons. The minimum absolute atomic E-state index is 0.186. The Morgan fingerprint density at radius 2 is 2.14 bits per heavy atom. The van der Waals surface area contributed by atoms with Crippen molar-refractivity contribution in [2.75, 3.05) is 5.75 Å². The smallest absolute Gasteiger partial charge is 0.116 e. The molecule has 3 heteroatoms. The summed E-state index contributed by atoms with van der Waals surface area (Å²) in [5.74, 6) is 0.878. The van der Waals surface area contributed by atoms with Gasteiger partial charge in [0.1, 0.15) is 5.75 Å². The summed E-state index contributed by atoms with van der Waals surface area (Å²) in [7, 11) is -0.955. The van der Waals surface area contributed by atoms with Crippen LogP contribution in [0.5, 0.6) is 5.75 Å². The van der Waals surface area contributed by atoms with Gasteiger partial charge in [-0.25, -0.2) is 0 Å². The van der Waals surface area contributed by atoms with Gasteiger partial charge < -0.3 is 5.11 Å². The molecule has 0 aliphatic heterocycles. The average Bonchev–Trinajstić information content (AvgIpc) is 2.18. The fourth-order valence-corrected chi connectivity index (χ4v) is 2.41. The van der Waals surface area contributed by atoms with Crippen LogP contribution in [-0.2, 0) is 10.8 Å². The second-order valence-corrected chi connectivity index (χ2v) is 4.82.